The Balaban J connectivity index is 2.35. The van der Waals surface area contributed by atoms with Crippen molar-refractivity contribution >= 4 is 11.6 Å². The van der Waals surface area contributed by atoms with Crippen molar-refractivity contribution < 1.29 is 5.11 Å². The second kappa shape index (κ2) is 6.39. The van der Waals surface area contributed by atoms with E-state index in [1.54, 1.807) is 6.33 Å². The van der Waals surface area contributed by atoms with E-state index in [4.69, 9.17) is 0 Å². The van der Waals surface area contributed by atoms with E-state index < -0.39 is 0 Å². The van der Waals surface area contributed by atoms with Crippen molar-refractivity contribution in [2.45, 2.75) is 57.6 Å². The third kappa shape index (κ3) is 2.87. The number of hydrogen-bond acceptors (Lipinski definition) is 5. The quantitative estimate of drug-likeness (QED) is 0.885. The summed E-state index contributed by atoms with van der Waals surface area (Å²) in [6, 6.07) is 0.154. The van der Waals surface area contributed by atoms with Gasteiger partial charge in [0.2, 0.25) is 0 Å². The van der Waals surface area contributed by atoms with Crippen LogP contribution in [0.1, 0.15) is 51.0 Å². The van der Waals surface area contributed by atoms with Gasteiger partial charge in [-0.15, -0.1) is 0 Å². The van der Waals surface area contributed by atoms with Gasteiger partial charge in [-0.3, -0.25) is 0 Å². The molecule has 1 aliphatic carbocycles. The number of nitrogens with zero attached hydrogens (tertiary/aromatic N) is 3. The molecule has 1 fully saturated rings. The van der Waals surface area contributed by atoms with Crippen LogP contribution in [-0.2, 0) is 0 Å². The number of hydrogen-bond donors (Lipinski definition) is 2. The van der Waals surface area contributed by atoms with Gasteiger partial charge in [0.15, 0.2) is 0 Å². The normalized spacial score (nSPS) is 22.9. The van der Waals surface area contributed by atoms with Crippen molar-refractivity contribution in [2.75, 3.05) is 24.3 Å². The molecule has 112 valence electrons. The summed E-state index contributed by atoms with van der Waals surface area (Å²) in [6.45, 7) is 4.29. The van der Waals surface area contributed by atoms with Crippen LogP contribution in [0.15, 0.2) is 6.33 Å². The minimum absolute atomic E-state index is 0.154. The Morgan fingerprint density at radius 2 is 2.00 bits per heavy atom. The molecule has 2 N–H and O–H groups in total. The zero-order chi connectivity index (χ0) is 14.7. The van der Waals surface area contributed by atoms with Gasteiger partial charge in [0, 0.05) is 19.7 Å². The summed E-state index contributed by atoms with van der Waals surface area (Å²) in [5, 5.41) is 13.4. The molecule has 2 rings (SSSR count). The van der Waals surface area contributed by atoms with Crippen LogP contribution in [0.5, 0.6) is 0 Å². The lowest BCUT2D eigenvalue weighted by Crippen LogP contribution is -2.44. The van der Waals surface area contributed by atoms with Gasteiger partial charge in [-0.2, -0.15) is 0 Å². The Kier molecular flexibility index (Phi) is 4.81. The van der Waals surface area contributed by atoms with Crippen LogP contribution in [0.2, 0.25) is 0 Å². The standard InChI is InChI=1S/C15H26N4O/c1-10(2)13-14(16-3)17-9-18-15(13)19(4)11-7-5-6-8-12(11)20/h9-12,20H,5-8H2,1-4H3,(H,16,17,18). The molecule has 0 aliphatic heterocycles. The summed E-state index contributed by atoms with van der Waals surface area (Å²) >= 11 is 0. The van der Waals surface area contributed by atoms with Gasteiger partial charge in [-0.1, -0.05) is 26.7 Å². The molecule has 1 aliphatic rings. The monoisotopic (exact) mass is 278 g/mol. The first-order valence-corrected chi connectivity index (χ1v) is 7.49. The number of aromatic nitrogens is 2. The van der Waals surface area contributed by atoms with Gasteiger partial charge < -0.3 is 15.3 Å². The van der Waals surface area contributed by atoms with Crippen molar-refractivity contribution in [2.24, 2.45) is 0 Å². The smallest absolute Gasteiger partial charge is 0.137 e. The first-order valence-electron chi connectivity index (χ1n) is 7.49. The van der Waals surface area contributed by atoms with Gasteiger partial charge in [-0.25, -0.2) is 9.97 Å². The SMILES string of the molecule is CNc1ncnc(N(C)C2CCCCC2O)c1C(C)C. The van der Waals surface area contributed by atoms with E-state index in [0.717, 1.165) is 36.5 Å². The number of aliphatic hydroxyl groups is 1. The molecule has 20 heavy (non-hydrogen) atoms. The predicted octanol–water partition coefficient (Wildman–Crippen LogP) is 2.38. The number of aliphatic hydroxyl groups excluding tert-OH is 1. The highest BCUT2D eigenvalue weighted by Crippen LogP contribution is 2.33. The fourth-order valence-electron chi connectivity index (χ4n) is 3.10. The highest BCUT2D eigenvalue weighted by molar-refractivity contribution is 5.60. The number of nitrogens with one attached hydrogen (secondary N) is 1. The lowest BCUT2D eigenvalue weighted by molar-refractivity contribution is 0.106. The van der Waals surface area contributed by atoms with Crippen molar-refractivity contribution in [3.8, 4) is 0 Å². The zero-order valence-corrected chi connectivity index (χ0v) is 12.9. The van der Waals surface area contributed by atoms with Crippen LogP contribution in [0.25, 0.3) is 0 Å². The van der Waals surface area contributed by atoms with E-state index in [9.17, 15) is 5.11 Å². The second-order valence-corrected chi connectivity index (χ2v) is 5.89. The van der Waals surface area contributed by atoms with Crippen LogP contribution in [0, 0.1) is 0 Å². The van der Waals surface area contributed by atoms with Crippen LogP contribution in [0.4, 0.5) is 11.6 Å². The maximum Gasteiger partial charge on any atom is 0.137 e. The van der Waals surface area contributed by atoms with Gasteiger partial charge in [-0.05, 0) is 18.8 Å². The van der Waals surface area contributed by atoms with E-state index in [0.29, 0.717) is 5.92 Å². The molecule has 1 saturated carbocycles. The number of likely N-dealkylation sites (N-methyl/N-ethyl adjacent to an activating group) is 1. The molecule has 5 heteroatoms. The summed E-state index contributed by atoms with van der Waals surface area (Å²) in [7, 11) is 3.92. The van der Waals surface area contributed by atoms with Crippen molar-refractivity contribution in [1.29, 1.82) is 0 Å². The molecule has 0 radical (unpaired) electrons. The summed E-state index contributed by atoms with van der Waals surface area (Å²) in [5.41, 5.74) is 1.12. The van der Waals surface area contributed by atoms with E-state index in [2.05, 4.69) is 34.0 Å². The molecule has 0 amide bonds. The first kappa shape index (κ1) is 15.0. The lowest BCUT2D eigenvalue weighted by atomic mass is 9.91. The highest BCUT2D eigenvalue weighted by Gasteiger charge is 2.29. The summed E-state index contributed by atoms with van der Waals surface area (Å²) in [4.78, 5) is 10.9. The molecule has 2 unspecified atom stereocenters. The van der Waals surface area contributed by atoms with Crippen molar-refractivity contribution in [3.05, 3.63) is 11.9 Å². The predicted molar refractivity (Wildman–Crippen MR) is 82.3 cm³/mol. The summed E-state index contributed by atoms with van der Waals surface area (Å²) in [5.74, 6) is 2.14. The second-order valence-electron chi connectivity index (χ2n) is 5.89. The molecule has 5 nitrogen and oxygen atoms in total. The van der Waals surface area contributed by atoms with Crippen LogP contribution >= 0.6 is 0 Å². The van der Waals surface area contributed by atoms with E-state index >= 15 is 0 Å². The van der Waals surface area contributed by atoms with Gasteiger partial charge in [0.1, 0.15) is 18.0 Å². The Bertz CT molecular complexity index is 449. The van der Waals surface area contributed by atoms with Crippen LogP contribution in [-0.4, -0.2) is 41.3 Å². The third-order valence-electron chi connectivity index (χ3n) is 4.20. The van der Waals surface area contributed by atoms with E-state index in [-0.39, 0.29) is 12.1 Å². The molecular weight excluding hydrogens is 252 g/mol. The largest absolute Gasteiger partial charge is 0.391 e. The van der Waals surface area contributed by atoms with E-state index in [1.807, 2.05) is 14.1 Å². The maximum absolute atomic E-state index is 10.3. The molecule has 1 aromatic heterocycles. The third-order valence-corrected chi connectivity index (χ3v) is 4.20. The average Bonchev–Trinajstić information content (AvgIpc) is 2.46. The Morgan fingerprint density at radius 3 is 2.60 bits per heavy atom. The molecule has 0 aromatic carbocycles. The van der Waals surface area contributed by atoms with E-state index in [1.165, 1.54) is 6.42 Å². The van der Waals surface area contributed by atoms with Gasteiger partial charge in [0.05, 0.1) is 12.1 Å². The Morgan fingerprint density at radius 1 is 1.30 bits per heavy atom. The number of rotatable bonds is 4. The minimum atomic E-state index is -0.262. The summed E-state index contributed by atoms with van der Waals surface area (Å²) in [6.07, 6.45) is 5.53. The van der Waals surface area contributed by atoms with Gasteiger partial charge in [0.25, 0.3) is 0 Å². The maximum atomic E-state index is 10.3. The molecule has 0 spiro atoms. The Labute approximate surface area is 121 Å². The fourth-order valence-corrected chi connectivity index (χ4v) is 3.10. The highest BCUT2D eigenvalue weighted by atomic mass is 16.3. The van der Waals surface area contributed by atoms with Crippen LogP contribution in [0.3, 0.4) is 0 Å². The molecular formula is C15H26N4O. The Hall–Kier alpha value is -1.36. The van der Waals surface area contributed by atoms with Crippen molar-refractivity contribution in [1.82, 2.24) is 9.97 Å². The molecule has 1 aromatic rings. The fraction of sp³-hybridized carbons (Fsp3) is 0.733. The first-order chi connectivity index (χ1) is 9.56. The van der Waals surface area contributed by atoms with Crippen molar-refractivity contribution in [3.63, 3.8) is 0 Å². The topological polar surface area (TPSA) is 61.3 Å². The average molecular weight is 278 g/mol. The molecule has 0 bridgehead atoms. The van der Waals surface area contributed by atoms with Crippen LogP contribution < -0.4 is 10.2 Å². The number of anilines is 2. The molecule has 0 saturated heterocycles. The summed E-state index contributed by atoms with van der Waals surface area (Å²) < 4.78 is 0. The zero-order valence-electron chi connectivity index (χ0n) is 12.9. The molecule has 2 atom stereocenters. The van der Waals surface area contributed by atoms with Gasteiger partial charge >= 0.3 is 0 Å². The minimum Gasteiger partial charge on any atom is -0.391 e. The lowest BCUT2D eigenvalue weighted by Gasteiger charge is -2.37. The molecule has 1 heterocycles.